The van der Waals surface area contributed by atoms with E-state index >= 15 is 0 Å². The van der Waals surface area contributed by atoms with Crippen LogP contribution in [0.25, 0.3) is 22.2 Å². The number of aliphatic imine (C=N–C) groups is 1. The van der Waals surface area contributed by atoms with Crippen LogP contribution in [0.4, 0.5) is 11.4 Å². The minimum atomic E-state index is -0.153. The number of nitrogens with one attached hydrogen (secondary N) is 2. The van der Waals surface area contributed by atoms with E-state index in [9.17, 15) is 4.79 Å². The molecule has 4 aromatic rings. The molecule has 0 bridgehead atoms. The molecule has 1 aliphatic heterocycles. The zero-order valence-electron chi connectivity index (χ0n) is 23.1. The second-order valence-corrected chi connectivity index (χ2v) is 11.1. The number of pyridine rings is 1. The maximum absolute atomic E-state index is 12.9. The number of halogens is 2. The van der Waals surface area contributed by atoms with Crippen molar-refractivity contribution < 1.29 is 4.79 Å². The third-order valence-electron chi connectivity index (χ3n) is 6.02. The van der Waals surface area contributed by atoms with Gasteiger partial charge in [0.25, 0.3) is 5.91 Å². The molecule has 6 nitrogen and oxygen atoms in total. The molecule has 1 fully saturated rings. The summed E-state index contributed by atoms with van der Waals surface area (Å²) in [7, 11) is 1.64. The predicted molar refractivity (Wildman–Crippen MR) is 175 cm³/mol. The Kier molecular flexibility index (Phi) is 12.6. The summed E-state index contributed by atoms with van der Waals surface area (Å²) in [5.74, 6) is 0.992. The van der Waals surface area contributed by atoms with E-state index < -0.39 is 0 Å². The smallest absolute Gasteiger partial charge is 0.255 e. The maximum atomic E-state index is 12.9. The highest BCUT2D eigenvalue weighted by Crippen LogP contribution is 2.33. The molecular weight excluding hydrogens is 561 g/mol. The Labute approximate surface area is 251 Å². The minimum absolute atomic E-state index is 0.153. The van der Waals surface area contributed by atoms with Crippen molar-refractivity contribution in [2.45, 2.75) is 33.1 Å². The molecule has 0 saturated carbocycles. The van der Waals surface area contributed by atoms with Crippen molar-refractivity contribution in [3.8, 4) is 11.3 Å². The summed E-state index contributed by atoms with van der Waals surface area (Å²) >= 11 is 13.7. The number of aromatic nitrogens is 2. The van der Waals surface area contributed by atoms with E-state index in [2.05, 4.69) is 31.3 Å². The standard InChI is InChI=1S/C25H23ClN4OS.C4H7Cl.C2H5N/c26-22-9-6-19(16-21(22)24-23-17(10-12-27-23)11-13-28-24)29-25(31)18-4-7-20(8-5-18)30-14-2-1-3-15-32-30;1-3-4(2)5;1-3-2/h4-13,16,27H,1-3,14-15H2,(H,29,31);3H,1-2H3;1H2,2H3/b;4-3+;. The van der Waals surface area contributed by atoms with Gasteiger partial charge in [-0.2, -0.15) is 0 Å². The number of allylic oxidation sites excluding steroid dienone is 2. The summed E-state index contributed by atoms with van der Waals surface area (Å²) in [4.78, 5) is 23.9. The number of H-pyrrole nitrogens is 1. The van der Waals surface area contributed by atoms with Gasteiger partial charge in [-0.05, 0) is 100.0 Å². The Hall–Kier alpha value is -3.26. The van der Waals surface area contributed by atoms with Gasteiger partial charge >= 0.3 is 0 Å². The Morgan fingerprint density at radius 2 is 1.88 bits per heavy atom. The second-order valence-electron chi connectivity index (χ2n) is 8.98. The van der Waals surface area contributed by atoms with Crippen LogP contribution < -0.4 is 9.62 Å². The van der Waals surface area contributed by atoms with Gasteiger partial charge in [0, 0.05) is 64.7 Å². The molecule has 2 N–H and O–H groups in total. The van der Waals surface area contributed by atoms with Crippen molar-refractivity contribution in [1.29, 1.82) is 0 Å². The Morgan fingerprint density at radius 3 is 2.58 bits per heavy atom. The Balaban J connectivity index is 0.000000490. The fraction of sp³-hybridized carbons (Fsp3) is 0.258. The lowest BCUT2D eigenvalue weighted by atomic mass is 10.1. The van der Waals surface area contributed by atoms with Crippen LogP contribution in [-0.2, 0) is 0 Å². The number of amides is 1. The molecule has 3 heterocycles. The number of hydrogen-bond acceptors (Lipinski definition) is 5. The molecule has 0 atom stereocenters. The molecule has 210 valence electrons. The van der Waals surface area contributed by atoms with E-state index in [4.69, 9.17) is 23.2 Å². The van der Waals surface area contributed by atoms with Crippen molar-refractivity contribution in [2.24, 2.45) is 4.99 Å². The first-order chi connectivity index (χ1) is 19.4. The molecule has 0 aliphatic carbocycles. The quantitative estimate of drug-likeness (QED) is 0.182. The van der Waals surface area contributed by atoms with Crippen LogP contribution in [0.2, 0.25) is 5.02 Å². The van der Waals surface area contributed by atoms with Crippen molar-refractivity contribution >= 4 is 70.1 Å². The molecule has 9 heteroatoms. The monoisotopic (exact) mass is 595 g/mol. The SMILES string of the molecule is C/C=C(\C)Cl.C=NC.O=C(Nc1ccc(Cl)c(-c2nccc3cc[nH]c23)c1)c1ccc(N2CCCCCS2)cc1. The molecule has 5 rings (SSSR count). The van der Waals surface area contributed by atoms with Crippen molar-refractivity contribution in [3.63, 3.8) is 0 Å². The fourth-order valence-electron chi connectivity index (χ4n) is 3.93. The molecule has 40 heavy (non-hydrogen) atoms. The van der Waals surface area contributed by atoms with E-state index in [1.807, 2.05) is 80.5 Å². The molecule has 1 amide bonds. The zero-order chi connectivity index (χ0) is 28.9. The minimum Gasteiger partial charge on any atom is -0.359 e. The third kappa shape index (κ3) is 8.88. The van der Waals surface area contributed by atoms with Gasteiger partial charge in [0.15, 0.2) is 0 Å². The van der Waals surface area contributed by atoms with Gasteiger partial charge in [-0.1, -0.05) is 35.7 Å². The van der Waals surface area contributed by atoms with Crippen LogP contribution in [0.5, 0.6) is 0 Å². The van der Waals surface area contributed by atoms with Crippen LogP contribution in [0.15, 0.2) is 83.1 Å². The molecule has 0 radical (unpaired) electrons. The number of rotatable bonds is 4. The average molecular weight is 597 g/mol. The predicted octanol–water partition coefficient (Wildman–Crippen LogP) is 9.24. The number of hydrogen-bond donors (Lipinski definition) is 2. The van der Waals surface area contributed by atoms with Crippen LogP contribution in [0, 0.1) is 0 Å². The van der Waals surface area contributed by atoms with Crippen LogP contribution in [0.1, 0.15) is 43.5 Å². The Morgan fingerprint density at radius 1 is 1.15 bits per heavy atom. The number of carbonyl (C=O) groups is 1. The molecule has 1 aliphatic rings. The first-order valence-corrected chi connectivity index (χ1v) is 14.7. The Bertz CT molecular complexity index is 1420. The van der Waals surface area contributed by atoms with Crippen molar-refractivity contribution in [3.05, 3.63) is 88.7 Å². The van der Waals surface area contributed by atoms with E-state index in [0.29, 0.717) is 16.3 Å². The highest BCUT2D eigenvalue weighted by Gasteiger charge is 2.14. The van der Waals surface area contributed by atoms with Crippen LogP contribution >= 0.6 is 35.1 Å². The average Bonchev–Trinajstić information content (AvgIpc) is 3.29. The number of aromatic amines is 1. The normalized spacial score (nSPS) is 13.3. The van der Waals surface area contributed by atoms with Gasteiger partial charge in [-0.3, -0.25) is 9.78 Å². The van der Waals surface area contributed by atoms with Crippen molar-refractivity contribution in [2.75, 3.05) is 29.0 Å². The fourth-order valence-corrected chi connectivity index (χ4v) is 5.22. The summed E-state index contributed by atoms with van der Waals surface area (Å²) in [6.45, 7) is 7.91. The summed E-state index contributed by atoms with van der Waals surface area (Å²) in [6, 6.07) is 17.2. The molecule has 2 aromatic carbocycles. The maximum Gasteiger partial charge on any atom is 0.255 e. The van der Waals surface area contributed by atoms with E-state index in [1.165, 1.54) is 19.3 Å². The van der Waals surface area contributed by atoms with E-state index in [-0.39, 0.29) is 5.91 Å². The molecule has 1 saturated heterocycles. The third-order valence-corrected chi connectivity index (χ3v) is 7.75. The lowest BCUT2D eigenvalue weighted by Crippen LogP contribution is -2.15. The molecular formula is C31H35Cl2N5OS. The van der Waals surface area contributed by atoms with Gasteiger partial charge in [-0.15, -0.1) is 0 Å². The van der Waals surface area contributed by atoms with Gasteiger partial charge in [0.05, 0.1) is 16.2 Å². The van der Waals surface area contributed by atoms with Crippen LogP contribution in [0.3, 0.4) is 0 Å². The summed E-state index contributed by atoms with van der Waals surface area (Å²) in [6.07, 6.45) is 9.24. The van der Waals surface area contributed by atoms with Gasteiger partial charge in [-0.25, -0.2) is 0 Å². The number of fused-ring (bicyclic) bond motifs is 1. The topological polar surface area (TPSA) is 73.4 Å². The first-order valence-electron chi connectivity index (χ1n) is 13.0. The highest BCUT2D eigenvalue weighted by atomic mass is 35.5. The second kappa shape index (κ2) is 16.1. The number of benzene rings is 2. The van der Waals surface area contributed by atoms with Gasteiger partial charge in [0.2, 0.25) is 0 Å². The largest absolute Gasteiger partial charge is 0.359 e. The summed E-state index contributed by atoms with van der Waals surface area (Å²) in [5.41, 5.74) is 4.88. The van der Waals surface area contributed by atoms with Gasteiger partial charge < -0.3 is 19.6 Å². The zero-order valence-corrected chi connectivity index (χ0v) is 25.4. The van der Waals surface area contributed by atoms with E-state index in [0.717, 1.165) is 45.2 Å². The van der Waals surface area contributed by atoms with Crippen LogP contribution in [-0.4, -0.2) is 41.9 Å². The molecule has 2 aromatic heterocycles. The lowest BCUT2D eigenvalue weighted by molar-refractivity contribution is 0.102. The molecule has 0 unspecified atom stereocenters. The first kappa shape index (κ1) is 31.3. The highest BCUT2D eigenvalue weighted by molar-refractivity contribution is 8.00. The lowest BCUT2D eigenvalue weighted by Gasteiger charge is -2.21. The molecule has 0 spiro atoms. The summed E-state index contributed by atoms with van der Waals surface area (Å²) in [5, 5.41) is 5.48. The number of anilines is 2. The summed E-state index contributed by atoms with van der Waals surface area (Å²) < 4.78 is 2.33. The van der Waals surface area contributed by atoms with E-state index in [1.54, 1.807) is 25.4 Å². The van der Waals surface area contributed by atoms with Crippen molar-refractivity contribution in [1.82, 2.24) is 9.97 Å². The number of nitrogens with zero attached hydrogens (tertiary/aromatic N) is 3. The van der Waals surface area contributed by atoms with Gasteiger partial charge in [0.1, 0.15) is 0 Å². The number of carbonyl (C=O) groups excluding carboxylic acids is 1.